The maximum atomic E-state index is 13.1. The Balaban J connectivity index is 2.05. The largest absolute Gasteiger partial charge is 0.481 e. The van der Waals surface area contributed by atoms with Gasteiger partial charge in [-0.15, -0.1) is 0 Å². The molecule has 114 valence electrons. The average Bonchev–Trinajstić information content (AvgIpc) is 2.46. The molecule has 0 saturated carbocycles. The summed E-state index contributed by atoms with van der Waals surface area (Å²) in [5.74, 6) is -0.560. The number of thioether (sulfide) groups is 1. The molecule has 1 aromatic carbocycles. The summed E-state index contributed by atoms with van der Waals surface area (Å²) in [5, 5.41) is 9.17. The Morgan fingerprint density at radius 2 is 2.29 bits per heavy atom. The summed E-state index contributed by atoms with van der Waals surface area (Å²) in [6, 6.07) is 4.66. The Hall–Kier alpha value is -1.76. The van der Waals surface area contributed by atoms with Gasteiger partial charge in [0, 0.05) is 24.1 Å². The number of carbonyl (C=O) groups excluding carboxylic acids is 1. The maximum Gasteiger partial charge on any atom is 0.327 e. The fourth-order valence-corrected chi connectivity index (χ4v) is 3.14. The van der Waals surface area contributed by atoms with Gasteiger partial charge >= 0.3 is 5.97 Å². The predicted molar refractivity (Wildman–Crippen MR) is 77.0 cm³/mol. The van der Waals surface area contributed by atoms with Crippen molar-refractivity contribution in [3.63, 3.8) is 0 Å². The number of aliphatic carboxylic acids is 1. The summed E-state index contributed by atoms with van der Waals surface area (Å²) < 4.78 is 18.5. The molecule has 21 heavy (non-hydrogen) atoms. The fourth-order valence-electron chi connectivity index (χ4n) is 2.10. The zero-order chi connectivity index (χ0) is 15.4. The molecular weight excluding hydrogens is 297 g/mol. The lowest BCUT2D eigenvalue weighted by atomic mass is 10.2. The first-order valence-corrected chi connectivity index (χ1v) is 7.68. The van der Waals surface area contributed by atoms with Crippen LogP contribution in [0.4, 0.5) is 4.39 Å². The van der Waals surface area contributed by atoms with Crippen molar-refractivity contribution >= 4 is 23.6 Å². The van der Waals surface area contributed by atoms with Gasteiger partial charge in [0.2, 0.25) is 0 Å². The highest BCUT2D eigenvalue weighted by Crippen LogP contribution is 2.20. The normalized spacial score (nSPS) is 19.9. The predicted octanol–water partition coefficient (Wildman–Crippen LogP) is 1.62. The number of ether oxygens (including phenoxy) is 1. The van der Waals surface area contributed by atoms with Gasteiger partial charge in [0.15, 0.2) is 6.10 Å². The molecule has 1 heterocycles. The van der Waals surface area contributed by atoms with Gasteiger partial charge < -0.3 is 14.7 Å². The zero-order valence-electron chi connectivity index (χ0n) is 11.5. The minimum Gasteiger partial charge on any atom is -0.481 e. The van der Waals surface area contributed by atoms with Crippen LogP contribution in [-0.4, -0.2) is 52.1 Å². The Kier molecular flexibility index (Phi) is 5.06. The van der Waals surface area contributed by atoms with Crippen molar-refractivity contribution in [2.75, 3.05) is 18.1 Å². The van der Waals surface area contributed by atoms with E-state index in [1.54, 1.807) is 6.07 Å². The van der Waals surface area contributed by atoms with E-state index >= 15 is 0 Å². The number of amides is 1. The van der Waals surface area contributed by atoms with Crippen LogP contribution < -0.4 is 4.74 Å². The van der Waals surface area contributed by atoms with E-state index in [0.717, 1.165) is 0 Å². The molecule has 1 N–H and O–H groups in total. The number of rotatable bonds is 4. The van der Waals surface area contributed by atoms with E-state index in [2.05, 4.69) is 0 Å². The first-order chi connectivity index (χ1) is 9.99. The summed E-state index contributed by atoms with van der Waals surface area (Å²) >= 11 is 1.51. The van der Waals surface area contributed by atoms with Crippen LogP contribution in [0, 0.1) is 5.82 Å². The van der Waals surface area contributed by atoms with Gasteiger partial charge in [-0.3, -0.25) is 4.79 Å². The number of hydrogen-bond acceptors (Lipinski definition) is 4. The molecule has 1 aromatic rings. The van der Waals surface area contributed by atoms with Crippen molar-refractivity contribution in [3.8, 4) is 5.75 Å². The molecule has 2 atom stereocenters. The summed E-state index contributed by atoms with van der Waals surface area (Å²) in [5.41, 5.74) is 0. The topological polar surface area (TPSA) is 66.8 Å². The molecule has 1 fully saturated rings. The quantitative estimate of drug-likeness (QED) is 0.915. The minimum atomic E-state index is -1.02. The van der Waals surface area contributed by atoms with Gasteiger partial charge in [0.25, 0.3) is 5.91 Å². The lowest BCUT2D eigenvalue weighted by Crippen LogP contribution is -2.53. The number of carboxylic acids is 1. The van der Waals surface area contributed by atoms with Crippen LogP contribution in [0.15, 0.2) is 24.3 Å². The van der Waals surface area contributed by atoms with Crippen molar-refractivity contribution < 1.29 is 23.8 Å². The molecule has 1 aliphatic rings. The van der Waals surface area contributed by atoms with Crippen LogP contribution in [0.1, 0.15) is 6.92 Å². The van der Waals surface area contributed by atoms with Gasteiger partial charge in [-0.2, -0.15) is 11.8 Å². The molecule has 0 spiro atoms. The molecule has 1 aliphatic heterocycles. The second-order valence-corrected chi connectivity index (χ2v) is 5.83. The molecule has 2 rings (SSSR count). The van der Waals surface area contributed by atoms with Crippen LogP contribution in [0.5, 0.6) is 5.75 Å². The van der Waals surface area contributed by atoms with E-state index in [0.29, 0.717) is 18.1 Å². The van der Waals surface area contributed by atoms with Crippen LogP contribution in [0.2, 0.25) is 0 Å². The first-order valence-electron chi connectivity index (χ1n) is 6.52. The lowest BCUT2D eigenvalue weighted by molar-refractivity contribution is -0.152. The molecule has 5 nitrogen and oxygen atoms in total. The van der Waals surface area contributed by atoms with E-state index < -0.39 is 29.8 Å². The third-order valence-electron chi connectivity index (χ3n) is 3.15. The second-order valence-electron chi connectivity index (χ2n) is 4.68. The summed E-state index contributed by atoms with van der Waals surface area (Å²) in [4.78, 5) is 24.9. The van der Waals surface area contributed by atoms with Crippen molar-refractivity contribution in [2.24, 2.45) is 0 Å². The molecule has 0 radical (unpaired) electrons. The van der Waals surface area contributed by atoms with Crippen LogP contribution in [-0.2, 0) is 9.59 Å². The van der Waals surface area contributed by atoms with Gasteiger partial charge in [0.1, 0.15) is 17.6 Å². The Morgan fingerprint density at radius 1 is 1.52 bits per heavy atom. The average molecular weight is 313 g/mol. The molecule has 7 heteroatoms. The summed E-state index contributed by atoms with van der Waals surface area (Å²) in [6.45, 7) is 1.91. The lowest BCUT2D eigenvalue weighted by Gasteiger charge is -2.34. The number of halogens is 1. The Morgan fingerprint density at radius 3 is 2.95 bits per heavy atom. The third-order valence-corrected chi connectivity index (χ3v) is 4.18. The summed E-state index contributed by atoms with van der Waals surface area (Å²) in [6.07, 6.45) is -0.864. The van der Waals surface area contributed by atoms with E-state index in [1.165, 1.54) is 41.8 Å². The number of benzene rings is 1. The SMILES string of the molecule is CC(Oc1cccc(F)c1)C(=O)N1CCSCC1C(=O)O. The van der Waals surface area contributed by atoms with Gasteiger partial charge in [-0.25, -0.2) is 9.18 Å². The standard InChI is InChI=1S/C14H16FNO4S/c1-9(20-11-4-2-3-10(15)7-11)13(17)16-5-6-21-8-12(16)14(18)19/h2-4,7,9,12H,5-6,8H2,1H3,(H,18,19). The van der Waals surface area contributed by atoms with Gasteiger partial charge in [0.05, 0.1) is 0 Å². The molecule has 0 aliphatic carbocycles. The third kappa shape index (κ3) is 3.87. The van der Waals surface area contributed by atoms with E-state index in [9.17, 15) is 14.0 Å². The highest BCUT2D eigenvalue weighted by molar-refractivity contribution is 7.99. The van der Waals surface area contributed by atoms with Crippen molar-refractivity contribution in [3.05, 3.63) is 30.1 Å². The molecule has 2 unspecified atom stereocenters. The number of nitrogens with zero attached hydrogens (tertiary/aromatic N) is 1. The van der Waals surface area contributed by atoms with E-state index in [1.807, 2.05) is 0 Å². The number of carbonyl (C=O) groups is 2. The number of hydrogen-bond donors (Lipinski definition) is 1. The Labute approximate surface area is 126 Å². The second kappa shape index (κ2) is 6.80. The number of carboxylic acid groups (broad SMARTS) is 1. The monoisotopic (exact) mass is 313 g/mol. The van der Waals surface area contributed by atoms with Crippen LogP contribution in [0.25, 0.3) is 0 Å². The smallest absolute Gasteiger partial charge is 0.327 e. The minimum absolute atomic E-state index is 0.245. The van der Waals surface area contributed by atoms with E-state index in [-0.39, 0.29) is 5.75 Å². The van der Waals surface area contributed by atoms with Crippen LogP contribution in [0.3, 0.4) is 0 Å². The van der Waals surface area contributed by atoms with Crippen molar-refractivity contribution in [2.45, 2.75) is 19.1 Å². The molecule has 0 aromatic heterocycles. The molecule has 0 bridgehead atoms. The molecular formula is C14H16FNO4S. The fraction of sp³-hybridized carbons (Fsp3) is 0.429. The highest BCUT2D eigenvalue weighted by Gasteiger charge is 2.35. The van der Waals surface area contributed by atoms with Gasteiger partial charge in [-0.05, 0) is 19.1 Å². The van der Waals surface area contributed by atoms with E-state index in [4.69, 9.17) is 9.84 Å². The van der Waals surface area contributed by atoms with Crippen LogP contribution >= 0.6 is 11.8 Å². The molecule has 1 amide bonds. The Bertz CT molecular complexity index is 539. The highest BCUT2D eigenvalue weighted by atomic mass is 32.2. The summed E-state index contributed by atoms with van der Waals surface area (Å²) in [7, 11) is 0. The first kappa shape index (κ1) is 15.6. The van der Waals surface area contributed by atoms with Crippen molar-refractivity contribution in [1.82, 2.24) is 4.90 Å². The zero-order valence-corrected chi connectivity index (χ0v) is 12.3. The van der Waals surface area contributed by atoms with Crippen molar-refractivity contribution in [1.29, 1.82) is 0 Å². The van der Waals surface area contributed by atoms with Gasteiger partial charge in [-0.1, -0.05) is 6.07 Å². The molecule has 1 saturated heterocycles. The maximum absolute atomic E-state index is 13.1.